The molecule has 0 aliphatic heterocycles. The van der Waals surface area contributed by atoms with Crippen molar-refractivity contribution in [1.29, 1.82) is 0 Å². The first-order valence-electron chi connectivity index (χ1n) is 15.0. The van der Waals surface area contributed by atoms with Crippen LogP contribution in [0.1, 0.15) is 78.2 Å². The van der Waals surface area contributed by atoms with Crippen LogP contribution >= 0.6 is 0 Å². The standard InChI is InChI=1S/C35H50O3Si/c1-5-6-7-8-9-10-13-18-31-23-25-32(26-24-31)37-29-27-36-28-30-38-39(35(2,3)4,33-19-14-11-15-20-33)34-21-16-12-17-22-34/h11-12,14-17,19-26H,5-10,13,18,27-30H2,1-4H3. The molecular weight excluding hydrogens is 496 g/mol. The highest BCUT2D eigenvalue weighted by Gasteiger charge is 2.49. The topological polar surface area (TPSA) is 27.7 Å². The van der Waals surface area contributed by atoms with Crippen LogP contribution in [0.15, 0.2) is 84.9 Å². The number of rotatable bonds is 18. The van der Waals surface area contributed by atoms with Crippen molar-refractivity contribution in [2.45, 2.75) is 84.1 Å². The first-order chi connectivity index (χ1) is 19.0. The number of ether oxygens (including phenoxy) is 2. The maximum Gasteiger partial charge on any atom is 0.261 e. The van der Waals surface area contributed by atoms with Gasteiger partial charge in [0.2, 0.25) is 0 Å². The van der Waals surface area contributed by atoms with Crippen molar-refractivity contribution in [3.63, 3.8) is 0 Å². The van der Waals surface area contributed by atoms with Crippen molar-refractivity contribution in [2.24, 2.45) is 0 Å². The minimum Gasteiger partial charge on any atom is -0.491 e. The Morgan fingerprint density at radius 1 is 0.590 bits per heavy atom. The molecule has 0 heterocycles. The van der Waals surface area contributed by atoms with E-state index in [9.17, 15) is 0 Å². The van der Waals surface area contributed by atoms with Crippen LogP contribution in [0.3, 0.4) is 0 Å². The summed E-state index contributed by atoms with van der Waals surface area (Å²) in [4.78, 5) is 0. The fourth-order valence-corrected chi connectivity index (χ4v) is 9.92. The molecule has 0 aromatic heterocycles. The molecule has 212 valence electrons. The second-order valence-corrected chi connectivity index (χ2v) is 15.8. The second kappa shape index (κ2) is 16.6. The fraction of sp³-hybridized carbons (Fsp3) is 0.486. The summed E-state index contributed by atoms with van der Waals surface area (Å²) in [6.07, 6.45) is 10.6. The highest BCUT2D eigenvalue weighted by atomic mass is 28.4. The molecule has 3 aromatic carbocycles. The molecule has 39 heavy (non-hydrogen) atoms. The zero-order valence-electron chi connectivity index (χ0n) is 24.8. The normalized spacial score (nSPS) is 12.0. The largest absolute Gasteiger partial charge is 0.491 e. The van der Waals surface area contributed by atoms with Gasteiger partial charge in [-0.3, -0.25) is 0 Å². The quantitative estimate of drug-likeness (QED) is 0.120. The Hall–Kier alpha value is -2.40. The van der Waals surface area contributed by atoms with Gasteiger partial charge in [0.15, 0.2) is 0 Å². The molecular formula is C35H50O3Si. The summed E-state index contributed by atoms with van der Waals surface area (Å²) >= 11 is 0. The van der Waals surface area contributed by atoms with Crippen LogP contribution < -0.4 is 15.1 Å². The van der Waals surface area contributed by atoms with E-state index in [0.29, 0.717) is 26.4 Å². The van der Waals surface area contributed by atoms with Crippen LogP contribution in [0.4, 0.5) is 0 Å². The van der Waals surface area contributed by atoms with E-state index in [0.717, 1.165) is 12.2 Å². The third kappa shape index (κ3) is 9.63. The Bertz CT molecular complexity index is 989. The van der Waals surface area contributed by atoms with Gasteiger partial charge in [0.1, 0.15) is 12.4 Å². The third-order valence-corrected chi connectivity index (χ3v) is 12.5. The van der Waals surface area contributed by atoms with E-state index in [1.165, 1.54) is 60.9 Å². The molecule has 0 fully saturated rings. The Balaban J connectivity index is 1.41. The summed E-state index contributed by atoms with van der Waals surface area (Å²) in [6.45, 7) is 11.4. The van der Waals surface area contributed by atoms with Gasteiger partial charge >= 0.3 is 0 Å². The van der Waals surface area contributed by atoms with E-state index in [2.05, 4.69) is 113 Å². The summed E-state index contributed by atoms with van der Waals surface area (Å²) in [5, 5.41) is 2.56. The minimum atomic E-state index is -2.51. The zero-order chi connectivity index (χ0) is 27.8. The molecule has 4 heteroatoms. The number of hydrogen-bond acceptors (Lipinski definition) is 3. The first kappa shape index (κ1) is 31.1. The molecule has 3 aromatic rings. The van der Waals surface area contributed by atoms with Crippen molar-refractivity contribution in [3.8, 4) is 5.75 Å². The van der Waals surface area contributed by atoms with Gasteiger partial charge in [-0.15, -0.1) is 0 Å². The lowest BCUT2D eigenvalue weighted by Crippen LogP contribution is -2.66. The van der Waals surface area contributed by atoms with E-state index >= 15 is 0 Å². The van der Waals surface area contributed by atoms with Gasteiger partial charge in [0.05, 0.1) is 19.8 Å². The molecule has 3 nitrogen and oxygen atoms in total. The molecule has 0 atom stereocenters. The molecule has 3 rings (SSSR count). The lowest BCUT2D eigenvalue weighted by molar-refractivity contribution is 0.0741. The van der Waals surface area contributed by atoms with E-state index in [-0.39, 0.29) is 5.04 Å². The average molecular weight is 547 g/mol. The van der Waals surface area contributed by atoms with Crippen LogP contribution in [0.25, 0.3) is 0 Å². The van der Waals surface area contributed by atoms with Gasteiger partial charge in [-0.2, -0.15) is 0 Å². The SMILES string of the molecule is CCCCCCCCCc1ccc(OCCOCCO[Si](c2ccccc2)(c2ccccc2)C(C)(C)C)cc1. The van der Waals surface area contributed by atoms with Gasteiger partial charge in [0.25, 0.3) is 8.32 Å². The predicted molar refractivity (Wildman–Crippen MR) is 168 cm³/mol. The summed E-state index contributed by atoms with van der Waals surface area (Å²) in [5.41, 5.74) is 1.40. The van der Waals surface area contributed by atoms with Gasteiger partial charge in [-0.1, -0.05) is 139 Å². The van der Waals surface area contributed by atoms with Gasteiger partial charge in [-0.05, 0) is 45.9 Å². The first-order valence-corrected chi connectivity index (χ1v) is 16.9. The minimum absolute atomic E-state index is 0.0282. The summed E-state index contributed by atoms with van der Waals surface area (Å²) in [5.74, 6) is 0.908. The van der Waals surface area contributed by atoms with Gasteiger partial charge in [-0.25, -0.2) is 0 Å². The Labute approximate surface area is 239 Å². The Morgan fingerprint density at radius 2 is 1.13 bits per heavy atom. The Kier molecular flexibility index (Phi) is 13.3. The van der Waals surface area contributed by atoms with Crippen molar-refractivity contribution >= 4 is 18.7 Å². The molecule has 0 aliphatic carbocycles. The van der Waals surface area contributed by atoms with Crippen molar-refractivity contribution in [1.82, 2.24) is 0 Å². The monoisotopic (exact) mass is 546 g/mol. The highest BCUT2D eigenvalue weighted by Crippen LogP contribution is 2.36. The maximum absolute atomic E-state index is 6.88. The van der Waals surface area contributed by atoms with Crippen LogP contribution in [0.5, 0.6) is 5.75 Å². The van der Waals surface area contributed by atoms with E-state index in [1.54, 1.807) is 0 Å². The molecule has 0 radical (unpaired) electrons. The van der Waals surface area contributed by atoms with Crippen molar-refractivity contribution in [3.05, 3.63) is 90.5 Å². The number of hydrogen-bond donors (Lipinski definition) is 0. The lowest BCUT2D eigenvalue weighted by atomic mass is 10.0. The molecule has 0 saturated carbocycles. The molecule has 0 bridgehead atoms. The molecule has 0 saturated heterocycles. The van der Waals surface area contributed by atoms with Crippen molar-refractivity contribution < 1.29 is 13.9 Å². The third-order valence-electron chi connectivity index (χ3n) is 7.45. The van der Waals surface area contributed by atoms with E-state index in [4.69, 9.17) is 13.9 Å². The van der Waals surface area contributed by atoms with Crippen LogP contribution in [0.2, 0.25) is 5.04 Å². The number of benzene rings is 3. The summed E-state index contributed by atoms with van der Waals surface area (Å²) in [6, 6.07) is 30.1. The molecule has 0 amide bonds. The number of unbranched alkanes of at least 4 members (excludes halogenated alkanes) is 6. The van der Waals surface area contributed by atoms with Crippen molar-refractivity contribution in [2.75, 3.05) is 26.4 Å². The van der Waals surface area contributed by atoms with Crippen LogP contribution in [0, 0.1) is 0 Å². The van der Waals surface area contributed by atoms with E-state index < -0.39 is 8.32 Å². The maximum atomic E-state index is 6.88. The lowest BCUT2D eigenvalue weighted by Gasteiger charge is -2.43. The van der Waals surface area contributed by atoms with Gasteiger partial charge < -0.3 is 13.9 Å². The summed E-state index contributed by atoms with van der Waals surface area (Å²) < 4.78 is 18.7. The second-order valence-electron chi connectivity index (χ2n) is 11.5. The molecule has 0 N–H and O–H groups in total. The Morgan fingerprint density at radius 3 is 1.69 bits per heavy atom. The summed E-state index contributed by atoms with van der Waals surface area (Å²) in [7, 11) is -2.51. The predicted octanol–water partition coefficient (Wildman–Crippen LogP) is 7.95. The van der Waals surface area contributed by atoms with Crippen LogP contribution in [-0.2, 0) is 15.6 Å². The van der Waals surface area contributed by atoms with Crippen LogP contribution in [-0.4, -0.2) is 34.7 Å². The number of aryl methyl sites for hydroxylation is 1. The highest BCUT2D eigenvalue weighted by molar-refractivity contribution is 6.99. The molecule has 0 unspecified atom stereocenters. The van der Waals surface area contributed by atoms with Gasteiger partial charge in [0, 0.05) is 0 Å². The average Bonchev–Trinajstić information content (AvgIpc) is 2.95. The molecule has 0 aliphatic rings. The fourth-order valence-electron chi connectivity index (χ4n) is 5.37. The molecule has 0 spiro atoms. The smallest absolute Gasteiger partial charge is 0.261 e. The zero-order valence-corrected chi connectivity index (χ0v) is 25.8. The van der Waals surface area contributed by atoms with E-state index in [1.807, 2.05) is 0 Å².